The van der Waals surface area contributed by atoms with E-state index in [-0.39, 0.29) is 18.6 Å². The minimum absolute atomic E-state index is 0.251. The number of carbonyl (C=O) groups excluding carboxylic acids is 1. The highest BCUT2D eigenvalue weighted by Gasteiger charge is 2.24. The van der Waals surface area contributed by atoms with Crippen LogP contribution in [-0.2, 0) is 23.1 Å². The molecule has 0 aliphatic rings. The Hall–Kier alpha value is -0.380. The zero-order valence-corrected chi connectivity index (χ0v) is 13.2. The molecule has 6 heteroatoms. The maximum atomic E-state index is 12.3. The first kappa shape index (κ1) is 18.6. The van der Waals surface area contributed by atoms with Gasteiger partial charge in [-0.15, -0.1) is 0 Å². The topological polar surface area (TPSA) is 61.8 Å². The molecule has 0 N–H and O–H groups in total. The van der Waals surface area contributed by atoms with Gasteiger partial charge in [-0.25, -0.2) is 0 Å². The molecule has 0 spiro atoms. The van der Waals surface area contributed by atoms with Gasteiger partial charge in [0.05, 0.1) is 26.0 Å². The van der Waals surface area contributed by atoms with Crippen molar-refractivity contribution in [2.75, 3.05) is 26.0 Å². The second kappa shape index (κ2) is 11.4. The number of ether oxygens (including phenoxy) is 1. The Bertz CT molecular complexity index is 268. The number of rotatable bonds is 12. The van der Waals surface area contributed by atoms with Gasteiger partial charge in [-0.05, 0) is 25.7 Å². The molecular weight excluding hydrogens is 267 g/mol. The lowest BCUT2D eigenvalue weighted by Crippen LogP contribution is -2.08. The molecule has 0 amide bonds. The standard InChI is InChI=1S/C13H27O5P/c1-4-9-16-13(14)8-7-12-19(15,17-10-5-2)18-11-6-3/h4-12H2,1-3H3. The molecule has 0 aromatic rings. The van der Waals surface area contributed by atoms with Crippen molar-refractivity contribution in [2.45, 2.75) is 52.9 Å². The minimum Gasteiger partial charge on any atom is -0.466 e. The third kappa shape index (κ3) is 10.1. The summed E-state index contributed by atoms with van der Waals surface area (Å²) < 4.78 is 27.9. The van der Waals surface area contributed by atoms with Crippen LogP contribution in [0.3, 0.4) is 0 Å². The number of esters is 1. The Morgan fingerprint density at radius 2 is 1.47 bits per heavy atom. The van der Waals surface area contributed by atoms with Crippen LogP contribution in [0.1, 0.15) is 52.9 Å². The molecule has 5 nitrogen and oxygen atoms in total. The Morgan fingerprint density at radius 3 is 1.95 bits per heavy atom. The molecule has 0 fully saturated rings. The first-order chi connectivity index (χ1) is 9.08. The van der Waals surface area contributed by atoms with E-state index in [2.05, 4.69) is 0 Å². The molecule has 19 heavy (non-hydrogen) atoms. The van der Waals surface area contributed by atoms with E-state index in [0.29, 0.717) is 26.2 Å². The molecule has 0 aliphatic heterocycles. The van der Waals surface area contributed by atoms with Crippen molar-refractivity contribution >= 4 is 13.6 Å². The van der Waals surface area contributed by atoms with Gasteiger partial charge in [0.15, 0.2) is 0 Å². The Balaban J connectivity index is 4.03. The van der Waals surface area contributed by atoms with E-state index in [4.69, 9.17) is 13.8 Å². The van der Waals surface area contributed by atoms with E-state index < -0.39 is 7.60 Å². The van der Waals surface area contributed by atoms with Crippen LogP contribution in [0.4, 0.5) is 0 Å². The fourth-order valence-electron chi connectivity index (χ4n) is 1.33. The van der Waals surface area contributed by atoms with Crippen LogP contribution in [-0.4, -0.2) is 32.0 Å². The Kier molecular flexibility index (Phi) is 11.2. The molecular formula is C13H27O5P. The molecule has 0 unspecified atom stereocenters. The molecule has 0 aromatic carbocycles. The van der Waals surface area contributed by atoms with E-state index in [0.717, 1.165) is 19.3 Å². The van der Waals surface area contributed by atoms with E-state index in [1.54, 1.807) is 0 Å². The third-order valence-electron chi connectivity index (χ3n) is 2.26. The molecule has 0 saturated carbocycles. The van der Waals surface area contributed by atoms with Crippen molar-refractivity contribution in [3.8, 4) is 0 Å². The first-order valence-electron chi connectivity index (χ1n) is 7.11. The highest BCUT2D eigenvalue weighted by Crippen LogP contribution is 2.49. The highest BCUT2D eigenvalue weighted by molar-refractivity contribution is 7.53. The maximum absolute atomic E-state index is 12.3. The molecule has 0 aliphatic carbocycles. The molecule has 0 bridgehead atoms. The summed E-state index contributed by atoms with van der Waals surface area (Å²) in [7, 11) is -3.04. The van der Waals surface area contributed by atoms with Crippen molar-refractivity contribution in [1.82, 2.24) is 0 Å². The SMILES string of the molecule is CCCOC(=O)CCCP(=O)(OCCC)OCCC. The van der Waals surface area contributed by atoms with Gasteiger partial charge in [0, 0.05) is 6.42 Å². The van der Waals surface area contributed by atoms with E-state index in [1.165, 1.54) is 0 Å². The fraction of sp³-hybridized carbons (Fsp3) is 0.923. The molecule has 0 rings (SSSR count). The maximum Gasteiger partial charge on any atom is 0.330 e. The molecule has 0 radical (unpaired) electrons. The zero-order valence-electron chi connectivity index (χ0n) is 12.4. The van der Waals surface area contributed by atoms with Crippen molar-refractivity contribution in [3.63, 3.8) is 0 Å². The van der Waals surface area contributed by atoms with Gasteiger partial charge in [0.25, 0.3) is 0 Å². The van der Waals surface area contributed by atoms with Gasteiger partial charge in [-0.2, -0.15) is 0 Å². The summed E-state index contributed by atoms with van der Waals surface area (Å²) in [5.41, 5.74) is 0. The monoisotopic (exact) mass is 294 g/mol. The predicted octanol–water partition coefficient (Wildman–Crippen LogP) is 3.77. The van der Waals surface area contributed by atoms with Crippen LogP contribution >= 0.6 is 7.60 Å². The van der Waals surface area contributed by atoms with Crippen LogP contribution in [0.15, 0.2) is 0 Å². The van der Waals surface area contributed by atoms with Gasteiger partial charge in [0.2, 0.25) is 0 Å². The first-order valence-corrected chi connectivity index (χ1v) is 8.84. The second-order valence-corrected chi connectivity index (χ2v) is 6.51. The highest BCUT2D eigenvalue weighted by atomic mass is 31.2. The van der Waals surface area contributed by atoms with Gasteiger partial charge >= 0.3 is 13.6 Å². The summed E-state index contributed by atoms with van der Waals surface area (Å²) in [5.74, 6) is -0.251. The summed E-state index contributed by atoms with van der Waals surface area (Å²) in [4.78, 5) is 11.3. The van der Waals surface area contributed by atoms with Crippen LogP contribution in [0.5, 0.6) is 0 Å². The molecule has 0 saturated heterocycles. The third-order valence-corrected chi connectivity index (χ3v) is 4.28. The van der Waals surface area contributed by atoms with Gasteiger partial charge in [-0.1, -0.05) is 20.8 Å². The molecule has 0 atom stereocenters. The van der Waals surface area contributed by atoms with Crippen molar-refractivity contribution in [3.05, 3.63) is 0 Å². The van der Waals surface area contributed by atoms with Crippen LogP contribution < -0.4 is 0 Å². The molecule has 0 aromatic heterocycles. The van der Waals surface area contributed by atoms with Gasteiger partial charge < -0.3 is 13.8 Å². The number of hydrogen-bond acceptors (Lipinski definition) is 5. The fourth-order valence-corrected chi connectivity index (χ4v) is 3.13. The average molecular weight is 294 g/mol. The number of hydrogen-bond donors (Lipinski definition) is 0. The summed E-state index contributed by atoms with van der Waals surface area (Å²) in [5, 5.41) is 0. The van der Waals surface area contributed by atoms with E-state index in [9.17, 15) is 9.36 Å². The van der Waals surface area contributed by atoms with Crippen LogP contribution in [0.2, 0.25) is 0 Å². The predicted molar refractivity (Wildman–Crippen MR) is 75.4 cm³/mol. The van der Waals surface area contributed by atoms with Crippen molar-refractivity contribution in [1.29, 1.82) is 0 Å². The number of carbonyl (C=O) groups is 1. The van der Waals surface area contributed by atoms with E-state index >= 15 is 0 Å². The lowest BCUT2D eigenvalue weighted by atomic mass is 10.3. The lowest BCUT2D eigenvalue weighted by Gasteiger charge is -2.17. The molecule has 0 heterocycles. The largest absolute Gasteiger partial charge is 0.466 e. The van der Waals surface area contributed by atoms with E-state index in [1.807, 2.05) is 20.8 Å². The van der Waals surface area contributed by atoms with Crippen molar-refractivity contribution < 1.29 is 23.1 Å². The Morgan fingerprint density at radius 1 is 0.947 bits per heavy atom. The van der Waals surface area contributed by atoms with Crippen molar-refractivity contribution in [2.24, 2.45) is 0 Å². The minimum atomic E-state index is -3.04. The smallest absolute Gasteiger partial charge is 0.330 e. The quantitative estimate of drug-likeness (QED) is 0.405. The second-order valence-electron chi connectivity index (χ2n) is 4.32. The normalized spacial score (nSPS) is 11.5. The molecule has 114 valence electrons. The van der Waals surface area contributed by atoms with Crippen LogP contribution in [0, 0.1) is 0 Å². The zero-order chi connectivity index (χ0) is 14.6. The summed E-state index contributed by atoms with van der Waals surface area (Å²) in [6.07, 6.45) is 3.38. The average Bonchev–Trinajstić information content (AvgIpc) is 2.41. The lowest BCUT2D eigenvalue weighted by molar-refractivity contribution is -0.143. The summed E-state index contributed by atoms with van der Waals surface area (Å²) in [6, 6.07) is 0. The summed E-state index contributed by atoms with van der Waals surface area (Å²) in [6.45, 7) is 7.12. The Labute approximate surface area is 116 Å². The summed E-state index contributed by atoms with van der Waals surface area (Å²) >= 11 is 0. The van der Waals surface area contributed by atoms with Crippen LogP contribution in [0.25, 0.3) is 0 Å². The van der Waals surface area contributed by atoms with Gasteiger partial charge in [-0.3, -0.25) is 9.36 Å². The van der Waals surface area contributed by atoms with Gasteiger partial charge in [0.1, 0.15) is 0 Å².